The van der Waals surface area contributed by atoms with Crippen molar-refractivity contribution in [3.8, 4) is 11.3 Å². The Hall–Kier alpha value is -2.32. The number of thioether (sulfide) groups is 1. The number of hydrogen-bond donors (Lipinski definition) is 2. The minimum absolute atomic E-state index is 0.0242. The van der Waals surface area contributed by atoms with Crippen LogP contribution < -0.4 is 5.32 Å². The van der Waals surface area contributed by atoms with Gasteiger partial charge in [-0.2, -0.15) is 5.10 Å². The Bertz CT molecular complexity index is 883. The highest BCUT2D eigenvalue weighted by Crippen LogP contribution is 2.28. The number of H-pyrrole nitrogens is 1. The second kappa shape index (κ2) is 9.66. The summed E-state index contributed by atoms with van der Waals surface area (Å²) in [6, 6.07) is 4.13. The van der Waals surface area contributed by atoms with Crippen LogP contribution in [0.3, 0.4) is 0 Å². The molecule has 4 heterocycles. The predicted octanol–water partition coefficient (Wildman–Crippen LogP) is 3.27. The van der Waals surface area contributed by atoms with Crippen molar-refractivity contribution in [2.75, 3.05) is 31.9 Å². The van der Waals surface area contributed by atoms with E-state index in [0.717, 1.165) is 67.2 Å². The number of pyridine rings is 1. The van der Waals surface area contributed by atoms with Crippen molar-refractivity contribution in [2.45, 2.75) is 38.8 Å². The molecule has 7 nitrogen and oxygen atoms in total. The average Bonchev–Trinajstić information content (AvgIpc) is 3.18. The molecule has 2 amide bonds. The maximum atomic E-state index is 13.0. The first-order chi connectivity index (χ1) is 14.6. The Balaban J connectivity index is 1.36. The third-order valence-corrected chi connectivity index (χ3v) is 6.58. The number of likely N-dealkylation sites (tertiary alicyclic amines) is 1. The maximum Gasteiger partial charge on any atom is 0.317 e. The summed E-state index contributed by atoms with van der Waals surface area (Å²) in [7, 11) is 0. The van der Waals surface area contributed by atoms with Gasteiger partial charge in [-0.1, -0.05) is 13.5 Å². The largest absolute Gasteiger partial charge is 0.334 e. The first-order valence-corrected chi connectivity index (χ1v) is 11.7. The van der Waals surface area contributed by atoms with Crippen LogP contribution in [-0.4, -0.2) is 69.0 Å². The van der Waals surface area contributed by atoms with Crippen LogP contribution in [0.4, 0.5) is 4.79 Å². The zero-order valence-corrected chi connectivity index (χ0v) is 18.4. The number of aromatic amines is 1. The van der Waals surface area contributed by atoms with Crippen LogP contribution in [0, 0.1) is 0 Å². The van der Waals surface area contributed by atoms with Gasteiger partial charge in [-0.3, -0.25) is 15.0 Å². The van der Waals surface area contributed by atoms with E-state index in [4.69, 9.17) is 0 Å². The number of aromatic nitrogens is 3. The van der Waals surface area contributed by atoms with E-state index in [-0.39, 0.29) is 12.1 Å². The summed E-state index contributed by atoms with van der Waals surface area (Å²) in [4.78, 5) is 22.6. The molecule has 2 N–H and O–H groups in total. The molecule has 2 aromatic rings. The molecule has 0 radical (unpaired) electrons. The molecular weight excluding hydrogens is 396 g/mol. The highest BCUT2D eigenvalue weighted by molar-refractivity contribution is 8.03. The second-order valence-corrected chi connectivity index (χ2v) is 9.38. The van der Waals surface area contributed by atoms with Crippen molar-refractivity contribution in [2.24, 2.45) is 0 Å². The lowest BCUT2D eigenvalue weighted by atomic mass is 10.0. The Morgan fingerprint density at radius 2 is 2.20 bits per heavy atom. The number of carbonyl (C=O) groups excluding carboxylic acids is 1. The molecule has 1 unspecified atom stereocenters. The monoisotopic (exact) mass is 426 g/mol. The van der Waals surface area contributed by atoms with Crippen molar-refractivity contribution >= 4 is 17.8 Å². The Morgan fingerprint density at radius 1 is 1.37 bits per heavy atom. The fourth-order valence-corrected chi connectivity index (χ4v) is 4.98. The lowest BCUT2D eigenvalue weighted by molar-refractivity contribution is 0.169. The zero-order chi connectivity index (χ0) is 20.9. The minimum atomic E-state index is 0.0242. The number of hydrogen-bond acceptors (Lipinski definition) is 5. The van der Waals surface area contributed by atoms with E-state index in [2.05, 4.69) is 38.9 Å². The molecule has 0 saturated carbocycles. The van der Waals surface area contributed by atoms with Gasteiger partial charge in [0.05, 0.1) is 12.2 Å². The topological polar surface area (TPSA) is 77.2 Å². The minimum Gasteiger partial charge on any atom is -0.334 e. The molecule has 1 fully saturated rings. The van der Waals surface area contributed by atoms with Crippen molar-refractivity contribution < 1.29 is 4.79 Å². The molecule has 0 aliphatic carbocycles. The van der Waals surface area contributed by atoms with Gasteiger partial charge in [-0.15, -0.1) is 11.8 Å². The number of piperidine rings is 1. The number of rotatable bonds is 6. The molecule has 0 aromatic carbocycles. The number of nitrogens with one attached hydrogen (secondary N) is 2. The van der Waals surface area contributed by atoms with E-state index in [9.17, 15) is 4.79 Å². The van der Waals surface area contributed by atoms with Gasteiger partial charge < -0.3 is 10.2 Å². The van der Waals surface area contributed by atoms with Crippen LogP contribution in [-0.2, 0) is 13.0 Å². The summed E-state index contributed by atoms with van der Waals surface area (Å²) in [6.45, 7) is 10.5. The Morgan fingerprint density at radius 3 is 3.00 bits per heavy atom. The first-order valence-electron chi connectivity index (χ1n) is 10.7. The van der Waals surface area contributed by atoms with Gasteiger partial charge >= 0.3 is 6.03 Å². The second-order valence-electron chi connectivity index (χ2n) is 7.93. The fourth-order valence-electron chi connectivity index (χ4n) is 4.30. The number of amides is 2. The van der Waals surface area contributed by atoms with E-state index < -0.39 is 0 Å². The molecule has 0 bridgehead atoms. The standard InChI is InChI=1S/C22H30N6OS/c1-3-30-16(2)13-27-11-4-5-18(14-27)24-22(29)28-12-8-20-19(15-28)21(26-25-20)17-6-9-23-10-7-17/h6-7,9-10,18H,2-5,8,11-15H2,1H3,(H,24,29)(H,25,26). The van der Waals surface area contributed by atoms with Gasteiger partial charge in [-0.25, -0.2) is 4.79 Å². The quantitative estimate of drug-likeness (QED) is 0.741. The van der Waals surface area contributed by atoms with Gasteiger partial charge in [0.1, 0.15) is 0 Å². The third kappa shape index (κ3) is 4.87. The van der Waals surface area contributed by atoms with Crippen LogP contribution in [0.25, 0.3) is 11.3 Å². The average molecular weight is 427 g/mol. The van der Waals surface area contributed by atoms with E-state index in [1.165, 1.54) is 4.91 Å². The number of nitrogens with zero attached hydrogens (tertiary/aromatic N) is 4. The van der Waals surface area contributed by atoms with E-state index >= 15 is 0 Å². The summed E-state index contributed by atoms with van der Waals surface area (Å²) in [5.41, 5.74) is 4.18. The number of carbonyl (C=O) groups is 1. The van der Waals surface area contributed by atoms with Crippen molar-refractivity contribution in [1.29, 1.82) is 0 Å². The highest BCUT2D eigenvalue weighted by atomic mass is 32.2. The van der Waals surface area contributed by atoms with E-state index in [1.807, 2.05) is 28.8 Å². The summed E-state index contributed by atoms with van der Waals surface area (Å²) >= 11 is 1.81. The molecule has 2 aliphatic heterocycles. The predicted molar refractivity (Wildman–Crippen MR) is 121 cm³/mol. The van der Waals surface area contributed by atoms with Crippen molar-refractivity contribution in [1.82, 2.24) is 30.3 Å². The maximum absolute atomic E-state index is 13.0. The fraction of sp³-hybridized carbons (Fsp3) is 0.500. The van der Waals surface area contributed by atoms with Gasteiger partial charge in [0, 0.05) is 61.3 Å². The SMILES string of the molecule is C=C(CN1CCCC(NC(=O)N2CCc3[nH]nc(-c4ccncc4)c3C2)C1)SCC. The van der Waals surface area contributed by atoms with Gasteiger partial charge in [0.2, 0.25) is 0 Å². The number of urea groups is 1. The van der Waals surface area contributed by atoms with Crippen LogP contribution in [0.2, 0.25) is 0 Å². The Kier molecular flexibility index (Phi) is 6.74. The van der Waals surface area contributed by atoms with Gasteiger partial charge in [-0.05, 0) is 42.2 Å². The van der Waals surface area contributed by atoms with Gasteiger partial charge in [0.15, 0.2) is 0 Å². The number of fused-ring (bicyclic) bond motifs is 1. The normalized spacial score (nSPS) is 19.4. The van der Waals surface area contributed by atoms with E-state index in [0.29, 0.717) is 13.1 Å². The van der Waals surface area contributed by atoms with Crippen LogP contribution >= 0.6 is 11.8 Å². The van der Waals surface area contributed by atoms with E-state index in [1.54, 1.807) is 12.4 Å². The van der Waals surface area contributed by atoms with Crippen molar-refractivity contribution in [3.05, 3.63) is 47.3 Å². The van der Waals surface area contributed by atoms with Crippen LogP contribution in [0.15, 0.2) is 36.0 Å². The lowest BCUT2D eigenvalue weighted by Crippen LogP contribution is -2.52. The molecule has 2 aliphatic rings. The molecule has 30 heavy (non-hydrogen) atoms. The van der Waals surface area contributed by atoms with Crippen molar-refractivity contribution in [3.63, 3.8) is 0 Å². The molecule has 1 saturated heterocycles. The smallest absolute Gasteiger partial charge is 0.317 e. The highest BCUT2D eigenvalue weighted by Gasteiger charge is 2.28. The van der Waals surface area contributed by atoms with Gasteiger partial charge in [0.25, 0.3) is 0 Å². The van der Waals surface area contributed by atoms with Crippen LogP contribution in [0.1, 0.15) is 31.0 Å². The zero-order valence-electron chi connectivity index (χ0n) is 17.6. The summed E-state index contributed by atoms with van der Waals surface area (Å²) < 4.78 is 0. The molecule has 4 rings (SSSR count). The summed E-state index contributed by atoms with van der Waals surface area (Å²) in [5.74, 6) is 1.05. The third-order valence-electron chi connectivity index (χ3n) is 5.76. The molecule has 8 heteroatoms. The Labute approximate surface area is 182 Å². The molecule has 160 valence electrons. The summed E-state index contributed by atoms with van der Waals surface area (Å²) in [5, 5.41) is 10.9. The molecule has 1 atom stereocenters. The lowest BCUT2D eigenvalue weighted by Gasteiger charge is -2.35. The van der Waals surface area contributed by atoms with Crippen LogP contribution in [0.5, 0.6) is 0 Å². The molecular formula is C22H30N6OS. The first kappa shape index (κ1) is 20.9. The molecule has 0 spiro atoms. The molecule has 2 aromatic heterocycles. The summed E-state index contributed by atoms with van der Waals surface area (Å²) in [6.07, 6.45) is 6.47.